The van der Waals surface area contributed by atoms with Gasteiger partial charge in [0, 0.05) is 37.8 Å². The van der Waals surface area contributed by atoms with Gasteiger partial charge in [0.1, 0.15) is 17.1 Å². The number of halogens is 3. The van der Waals surface area contributed by atoms with Gasteiger partial charge in [0.25, 0.3) is 11.8 Å². The molecule has 0 aliphatic carbocycles. The number of likely N-dealkylation sites (N-methyl/N-ethyl adjacent to an activating group) is 1. The molecule has 0 bridgehead atoms. The van der Waals surface area contributed by atoms with Crippen molar-refractivity contribution in [1.82, 2.24) is 14.5 Å². The summed E-state index contributed by atoms with van der Waals surface area (Å²) in [7, 11) is -2.00. The van der Waals surface area contributed by atoms with Gasteiger partial charge in [-0.1, -0.05) is 24.3 Å². The molecular weight excluding hydrogens is 649 g/mol. The summed E-state index contributed by atoms with van der Waals surface area (Å²) in [6.07, 6.45) is -0.649. The number of sulfonamides is 1. The van der Waals surface area contributed by atoms with E-state index in [9.17, 15) is 31.2 Å². The van der Waals surface area contributed by atoms with Gasteiger partial charge in [-0.2, -0.15) is 13.2 Å². The maximum absolute atomic E-state index is 13.6. The first-order valence-electron chi connectivity index (χ1n) is 15.6. The van der Waals surface area contributed by atoms with Crippen molar-refractivity contribution in [2.45, 2.75) is 44.3 Å². The zero-order valence-corrected chi connectivity index (χ0v) is 28.0. The van der Waals surface area contributed by atoms with Crippen molar-refractivity contribution in [1.29, 1.82) is 0 Å². The van der Waals surface area contributed by atoms with Gasteiger partial charge in [0.15, 0.2) is 0 Å². The number of ether oxygens (including phenoxy) is 2. The molecule has 2 aromatic carbocycles. The Morgan fingerprint density at radius 3 is 2.50 bits per heavy atom. The Hall–Kier alpha value is -4.01. The lowest BCUT2D eigenvalue weighted by molar-refractivity contribution is -0.139. The first-order chi connectivity index (χ1) is 22.7. The fourth-order valence-corrected chi connectivity index (χ4v) is 7.04. The molecule has 2 aliphatic rings. The van der Waals surface area contributed by atoms with Crippen LogP contribution in [-0.2, 0) is 32.2 Å². The van der Waals surface area contributed by atoms with E-state index in [1.807, 2.05) is 6.92 Å². The molecular formula is C34H41F3N4O6S. The third-order valence-corrected chi connectivity index (χ3v) is 10.3. The molecule has 2 heterocycles. The Labute approximate surface area is 279 Å². The molecule has 10 nitrogen and oxygen atoms in total. The topological polar surface area (TPSA) is 118 Å². The highest BCUT2D eigenvalue weighted by atomic mass is 32.2. The van der Waals surface area contributed by atoms with Crippen LogP contribution in [0, 0.1) is 6.92 Å². The molecule has 0 radical (unpaired) electrons. The SMILES string of the molecule is C=CCCOc1cc(C2=NC3(CCN(S(=O)(=O)CCc4ccc(C(=O)N(C)CCOCC=C)cc4C)CC3)C(=O)N2)ccc1C(F)(F)F. The van der Waals surface area contributed by atoms with Gasteiger partial charge < -0.3 is 19.7 Å². The normalized spacial score (nSPS) is 16.4. The first-order valence-corrected chi connectivity index (χ1v) is 17.2. The van der Waals surface area contributed by atoms with Crippen molar-refractivity contribution in [3.63, 3.8) is 0 Å². The number of amidine groups is 1. The van der Waals surface area contributed by atoms with E-state index >= 15 is 0 Å². The predicted octanol–water partition coefficient (Wildman–Crippen LogP) is 4.53. The number of carbonyl (C=O) groups excluding carboxylic acids is 2. The van der Waals surface area contributed by atoms with Crippen LogP contribution in [0.15, 0.2) is 66.7 Å². The Morgan fingerprint density at radius 2 is 1.85 bits per heavy atom. The highest BCUT2D eigenvalue weighted by Crippen LogP contribution is 2.38. The number of aliphatic imine (C=N–C) groups is 1. The number of rotatable bonds is 15. The van der Waals surface area contributed by atoms with E-state index in [0.29, 0.717) is 31.7 Å². The predicted molar refractivity (Wildman–Crippen MR) is 177 cm³/mol. The highest BCUT2D eigenvalue weighted by molar-refractivity contribution is 7.89. The van der Waals surface area contributed by atoms with Gasteiger partial charge >= 0.3 is 6.18 Å². The van der Waals surface area contributed by atoms with Crippen LogP contribution in [-0.4, -0.2) is 93.1 Å². The molecule has 0 unspecified atom stereocenters. The van der Waals surface area contributed by atoms with Crippen LogP contribution >= 0.6 is 0 Å². The quantitative estimate of drug-likeness (QED) is 0.217. The summed E-state index contributed by atoms with van der Waals surface area (Å²) in [5.41, 5.74) is 0.180. The zero-order chi connectivity index (χ0) is 35.1. The van der Waals surface area contributed by atoms with Crippen molar-refractivity contribution in [3.8, 4) is 5.75 Å². The average Bonchev–Trinajstić information content (AvgIpc) is 3.36. The maximum atomic E-state index is 13.6. The summed E-state index contributed by atoms with van der Waals surface area (Å²) in [5.74, 6) is -1.02. The molecule has 14 heteroatoms. The van der Waals surface area contributed by atoms with Gasteiger partial charge in [0.05, 0.1) is 31.1 Å². The van der Waals surface area contributed by atoms with Gasteiger partial charge in [-0.3, -0.25) is 14.6 Å². The molecule has 2 aliphatic heterocycles. The van der Waals surface area contributed by atoms with Crippen molar-refractivity contribution >= 4 is 27.7 Å². The first kappa shape index (κ1) is 36.8. The summed E-state index contributed by atoms with van der Waals surface area (Å²) in [5, 5.41) is 2.68. The van der Waals surface area contributed by atoms with Crippen LogP contribution in [0.3, 0.4) is 0 Å². The number of piperidine rings is 1. The van der Waals surface area contributed by atoms with E-state index in [1.54, 1.807) is 36.2 Å². The van der Waals surface area contributed by atoms with Gasteiger partial charge in [-0.25, -0.2) is 12.7 Å². The molecule has 0 saturated carbocycles. The minimum Gasteiger partial charge on any atom is -0.493 e. The molecule has 2 amide bonds. The largest absolute Gasteiger partial charge is 0.493 e. The molecule has 1 spiro atoms. The molecule has 4 rings (SSSR count). The number of alkyl halides is 3. The van der Waals surface area contributed by atoms with Crippen molar-refractivity contribution in [2.24, 2.45) is 4.99 Å². The fraction of sp³-hybridized carbons (Fsp3) is 0.441. The summed E-state index contributed by atoms with van der Waals surface area (Å²) in [6, 6.07) is 8.52. The summed E-state index contributed by atoms with van der Waals surface area (Å²) >= 11 is 0. The number of hydrogen-bond donors (Lipinski definition) is 1. The minimum absolute atomic E-state index is 0.00158. The molecule has 48 heavy (non-hydrogen) atoms. The lowest BCUT2D eigenvalue weighted by Gasteiger charge is -2.34. The van der Waals surface area contributed by atoms with E-state index < -0.39 is 33.2 Å². The van der Waals surface area contributed by atoms with E-state index in [-0.39, 0.29) is 67.8 Å². The lowest BCUT2D eigenvalue weighted by atomic mass is 9.89. The number of benzene rings is 2. The molecule has 260 valence electrons. The Morgan fingerprint density at radius 1 is 1.12 bits per heavy atom. The van der Waals surface area contributed by atoms with E-state index in [1.165, 1.54) is 22.5 Å². The molecule has 2 aromatic rings. The summed E-state index contributed by atoms with van der Waals surface area (Å²) < 4.78 is 79.4. The highest BCUT2D eigenvalue weighted by Gasteiger charge is 2.47. The lowest BCUT2D eigenvalue weighted by Crippen LogP contribution is -2.50. The number of amides is 2. The standard InChI is InChI=1S/C34H41F3N4O6S/c1-5-7-19-47-29-23-26(10-11-28(29)34(35,36)37)30-38-32(43)33(39-30)13-15-41(16-14-33)48(44,45)21-12-25-8-9-27(22-24(25)3)31(42)40(4)17-20-46-18-6-2/h5-6,8-11,22-23H,1-2,7,12-21H2,3-4H3,(H,38,39,43). The van der Waals surface area contributed by atoms with Gasteiger partial charge in [-0.15, -0.1) is 13.2 Å². The van der Waals surface area contributed by atoms with Crippen molar-refractivity contribution in [2.75, 3.05) is 52.3 Å². The van der Waals surface area contributed by atoms with Crippen molar-refractivity contribution in [3.05, 3.63) is 89.5 Å². The van der Waals surface area contributed by atoms with Crippen LogP contribution in [0.5, 0.6) is 5.75 Å². The van der Waals surface area contributed by atoms with Crippen LogP contribution < -0.4 is 10.1 Å². The summed E-state index contributed by atoms with van der Waals surface area (Å²) in [6.45, 7) is 10.3. The second-order valence-corrected chi connectivity index (χ2v) is 13.9. The minimum atomic E-state index is -4.64. The molecule has 0 atom stereocenters. The monoisotopic (exact) mass is 690 g/mol. The van der Waals surface area contributed by atoms with Crippen LogP contribution in [0.4, 0.5) is 13.2 Å². The number of nitrogens with one attached hydrogen (secondary N) is 1. The van der Waals surface area contributed by atoms with Crippen LogP contribution in [0.25, 0.3) is 0 Å². The van der Waals surface area contributed by atoms with Gasteiger partial charge in [0.2, 0.25) is 10.0 Å². The maximum Gasteiger partial charge on any atom is 0.419 e. The number of aryl methyl sites for hydroxylation is 2. The number of carbonyl (C=O) groups is 2. The Kier molecular flexibility index (Phi) is 11.9. The Bertz CT molecular complexity index is 1670. The number of hydrogen-bond acceptors (Lipinski definition) is 7. The van der Waals surface area contributed by atoms with Gasteiger partial charge in [-0.05, 0) is 68.0 Å². The van der Waals surface area contributed by atoms with Crippen molar-refractivity contribution < 1.29 is 40.7 Å². The van der Waals surface area contributed by atoms with E-state index in [4.69, 9.17) is 9.47 Å². The van der Waals surface area contributed by atoms with Crippen LogP contribution in [0.1, 0.15) is 51.9 Å². The number of nitrogens with zero attached hydrogens (tertiary/aromatic N) is 3. The molecule has 1 saturated heterocycles. The Balaban J connectivity index is 1.38. The second kappa shape index (κ2) is 15.5. The van der Waals surface area contributed by atoms with Crippen LogP contribution in [0.2, 0.25) is 0 Å². The molecule has 1 N–H and O–H groups in total. The molecule has 0 aromatic heterocycles. The second-order valence-electron chi connectivity index (χ2n) is 11.8. The molecule has 1 fully saturated rings. The average molecular weight is 691 g/mol. The summed E-state index contributed by atoms with van der Waals surface area (Å²) in [4.78, 5) is 32.0. The van der Waals surface area contributed by atoms with E-state index in [2.05, 4.69) is 23.5 Å². The third kappa shape index (κ3) is 8.71. The third-order valence-electron chi connectivity index (χ3n) is 8.44. The smallest absolute Gasteiger partial charge is 0.419 e. The fourth-order valence-electron chi connectivity index (χ4n) is 5.57. The zero-order valence-electron chi connectivity index (χ0n) is 27.1. The van der Waals surface area contributed by atoms with E-state index in [0.717, 1.165) is 17.2 Å².